The van der Waals surface area contributed by atoms with Crippen molar-refractivity contribution in [3.8, 4) is 0 Å². The van der Waals surface area contributed by atoms with E-state index < -0.39 is 97.5 Å². The molecule has 0 aromatic heterocycles. The van der Waals surface area contributed by atoms with E-state index in [1.165, 1.54) is 83.5 Å². The number of aliphatic hydroxyl groups is 1. The molecule has 0 bridgehead atoms. The Morgan fingerprint density at radius 1 is 0.350 bits per heavy atom. The van der Waals surface area contributed by atoms with Crippen molar-refractivity contribution in [3.05, 3.63) is 0 Å². The number of hydrogen-bond acceptors (Lipinski definition) is 15. The first-order chi connectivity index (χ1) is 38.2. The number of carbonyl (C=O) groups excluding carboxylic acids is 4. The van der Waals surface area contributed by atoms with E-state index in [1.54, 1.807) is 0 Å². The van der Waals surface area contributed by atoms with E-state index >= 15 is 0 Å². The fourth-order valence-corrected chi connectivity index (χ4v) is 10.4. The van der Waals surface area contributed by atoms with Crippen LogP contribution in [0.25, 0.3) is 0 Å². The molecule has 0 saturated heterocycles. The van der Waals surface area contributed by atoms with Crippen LogP contribution in [0.1, 0.15) is 287 Å². The van der Waals surface area contributed by atoms with E-state index in [4.69, 9.17) is 37.0 Å². The molecular formula is C61H118O17P2. The van der Waals surface area contributed by atoms with Gasteiger partial charge in [0, 0.05) is 25.7 Å². The van der Waals surface area contributed by atoms with Gasteiger partial charge in [-0.05, 0) is 49.4 Å². The minimum absolute atomic E-state index is 0.100. The Kier molecular flexibility index (Phi) is 50.2. The van der Waals surface area contributed by atoms with E-state index in [9.17, 15) is 43.2 Å². The number of unbranched alkanes of at least 4 members (excludes halogenated alkanes) is 22. The molecule has 0 heterocycles. The minimum atomic E-state index is -4.94. The second-order valence-corrected chi connectivity index (χ2v) is 26.4. The lowest BCUT2D eigenvalue weighted by Gasteiger charge is -2.21. The Bertz CT molecular complexity index is 1610. The highest BCUT2D eigenvalue weighted by molar-refractivity contribution is 7.47. The van der Waals surface area contributed by atoms with Gasteiger partial charge in [0.1, 0.15) is 19.3 Å². The third-order valence-electron chi connectivity index (χ3n) is 14.5. The highest BCUT2D eigenvalue weighted by Crippen LogP contribution is 2.45. The van der Waals surface area contributed by atoms with Gasteiger partial charge in [-0.3, -0.25) is 37.3 Å². The molecule has 0 amide bonds. The summed E-state index contributed by atoms with van der Waals surface area (Å²) in [7, 11) is -9.88. The number of phosphoric ester groups is 2. The van der Waals surface area contributed by atoms with Crippen LogP contribution >= 0.6 is 15.6 Å². The molecule has 0 saturated carbocycles. The van der Waals surface area contributed by atoms with Gasteiger partial charge < -0.3 is 33.8 Å². The van der Waals surface area contributed by atoms with Crippen molar-refractivity contribution in [2.75, 3.05) is 39.6 Å². The Morgan fingerprint density at radius 3 is 0.887 bits per heavy atom. The maximum Gasteiger partial charge on any atom is 0.472 e. The smallest absolute Gasteiger partial charge is 0.462 e. The molecule has 0 fully saturated rings. The second kappa shape index (κ2) is 51.5. The monoisotopic (exact) mass is 1180 g/mol. The van der Waals surface area contributed by atoms with E-state index in [-0.39, 0.29) is 25.7 Å². The third-order valence-corrected chi connectivity index (χ3v) is 16.4. The zero-order valence-corrected chi connectivity index (χ0v) is 53.5. The van der Waals surface area contributed by atoms with Crippen molar-refractivity contribution in [1.82, 2.24) is 0 Å². The lowest BCUT2D eigenvalue weighted by Crippen LogP contribution is -2.30. The van der Waals surface area contributed by atoms with Gasteiger partial charge in [0.05, 0.1) is 26.4 Å². The number of esters is 4. The molecule has 80 heavy (non-hydrogen) atoms. The second-order valence-electron chi connectivity index (χ2n) is 23.5. The van der Waals surface area contributed by atoms with Crippen LogP contribution in [-0.2, 0) is 65.4 Å². The lowest BCUT2D eigenvalue weighted by atomic mass is 9.99. The third kappa shape index (κ3) is 52.8. The molecule has 3 N–H and O–H groups in total. The van der Waals surface area contributed by atoms with E-state index in [1.807, 2.05) is 0 Å². The van der Waals surface area contributed by atoms with E-state index in [2.05, 4.69) is 55.4 Å². The highest BCUT2D eigenvalue weighted by atomic mass is 31.2. The summed E-state index contributed by atoms with van der Waals surface area (Å²) in [5, 5.41) is 10.5. The maximum atomic E-state index is 12.9. The summed E-state index contributed by atoms with van der Waals surface area (Å²) in [6.45, 7) is 13.8. The van der Waals surface area contributed by atoms with Crippen molar-refractivity contribution >= 4 is 39.5 Å². The van der Waals surface area contributed by atoms with Crippen LogP contribution < -0.4 is 0 Å². The van der Waals surface area contributed by atoms with E-state index in [0.29, 0.717) is 37.5 Å². The highest BCUT2D eigenvalue weighted by Gasteiger charge is 2.30. The number of rotatable bonds is 58. The maximum absolute atomic E-state index is 12.9. The molecule has 0 aromatic carbocycles. The molecule has 474 valence electrons. The van der Waals surface area contributed by atoms with Crippen molar-refractivity contribution in [1.29, 1.82) is 0 Å². The van der Waals surface area contributed by atoms with Crippen LogP contribution in [0.4, 0.5) is 0 Å². The van der Waals surface area contributed by atoms with Gasteiger partial charge >= 0.3 is 39.5 Å². The molecule has 19 heteroatoms. The molecule has 7 atom stereocenters. The summed E-state index contributed by atoms with van der Waals surface area (Å²) in [6.07, 6.45) is 29.7. The first kappa shape index (κ1) is 78.1. The summed E-state index contributed by atoms with van der Waals surface area (Å²) in [4.78, 5) is 72.0. The lowest BCUT2D eigenvalue weighted by molar-refractivity contribution is -0.161. The predicted octanol–water partition coefficient (Wildman–Crippen LogP) is 16.2. The quantitative estimate of drug-likeness (QED) is 0.0222. The molecule has 0 aromatic rings. The number of aliphatic hydroxyl groups excluding tert-OH is 1. The topological polar surface area (TPSA) is 237 Å². The van der Waals surface area contributed by atoms with Crippen molar-refractivity contribution < 1.29 is 80.2 Å². The first-order valence-electron chi connectivity index (χ1n) is 31.8. The van der Waals surface area contributed by atoms with Crippen molar-refractivity contribution in [3.63, 3.8) is 0 Å². The minimum Gasteiger partial charge on any atom is -0.462 e. The zero-order valence-electron chi connectivity index (χ0n) is 51.7. The fourth-order valence-electron chi connectivity index (χ4n) is 8.83. The van der Waals surface area contributed by atoms with Gasteiger partial charge in [-0.1, -0.05) is 235 Å². The molecule has 0 radical (unpaired) electrons. The van der Waals surface area contributed by atoms with Gasteiger partial charge in [0.2, 0.25) is 0 Å². The molecule has 4 unspecified atom stereocenters. The van der Waals surface area contributed by atoms with Gasteiger partial charge in [-0.2, -0.15) is 0 Å². The normalized spacial score (nSPS) is 15.2. The summed E-state index contributed by atoms with van der Waals surface area (Å²) < 4.78 is 67.8. The molecular weight excluding hydrogens is 1070 g/mol. The molecule has 17 nitrogen and oxygen atoms in total. The van der Waals surface area contributed by atoms with Crippen LogP contribution in [0.2, 0.25) is 0 Å². The summed E-state index contributed by atoms with van der Waals surface area (Å²) in [5.74, 6) is 0.696. The van der Waals surface area contributed by atoms with Gasteiger partial charge in [-0.15, -0.1) is 0 Å². The summed E-state index contributed by atoms with van der Waals surface area (Å²) in [5.41, 5.74) is 0. The summed E-state index contributed by atoms with van der Waals surface area (Å²) >= 11 is 0. The zero-order chi connectivity index (χ0) is 59.7. The van der Waals surface area contributed by atoms with Crippen LogP contribution in [0, 0.1) is 23.7 Å². The average Bonchev–Trinajstić information content (AvgIpc) is 3.41. The summed E-state index contributed by atoms with van der Waals surface area (Å²) in [6, 6.07) is 0. The molecule has 0 aliphatic heterocycles. The van der Waals surface area contributed by atoms with Crippen LogP contribution in [0.5, 0.6) is 0 Å². The predicted molar refractivity (Wildman–Crippen MR) is 317 cm³/mol. The Labute approximate surface area is 486 Å². The van der Waals surface area contributed by atoms with Crippen LogP contribution in [-0.4, -0.2) is 96.7 Å². The standard InChI is InChI=1S/C61H118O17P2/c1-9-53(7)39-31-23-13-11-12-14-25-33-41-58(63)71-47-56(77-60(65)43-35-27-18-15-21-29-37-51(3)4)49-75-79(67,68)73-45-55(62)46-74-80(69,70)76-50-57(78-61(66)44-36-28-19-16-22-30-38-52(5)6)48-72-59(64)42-34-26-20-17-24-32-40-54(8)10-2/h51-57,62H,9-50H2,1-8H3,(H,67,68)(H,69,70)/t53?,54?,55-,56-,57-/m1/s1. The van der Waals surface area contributed by atoms with E-state index in [0.717, 1.165) is 108 Å². The van der Waals surface area contributed by atoms with Gasteiger partial charge in [-0.25, -0.2) is 9.13 Å². The van der Waals surface area contributed by atoms with Crippen LogP contribution in [0.3, 0.4) is 0 Å². The average molecular weight is 1190 g/mol. The molecule has 0 aliphatic rings. The first-order valence-corrected chi connectivity index (χ1v) is 34.8. The number of phosphoric acid groups is 2. The Balaban J connectivity index is 5.24. The molecule has 0 rings (SSSR count). The molecule has 0 spiro atoms. The number of carbonyl (C=O) groups is 4. The van der Waals surface area contributed by atoms with Gasteiger partial charge in [0.25, 0.3) is 0 Å². The van der Waals surface area contributed by atoms with Crippen LogP contribution in [0.15, 0.2) is 0 Å². The van der Waals surface area contributed by atoms with Crippen molar-refractivity contribution in [2.24, 2.45) is 23.7 Å². The van der Waals surface area contributed by atoms with Crippen molar-refractivity contribution in [2.45, 2.75) is 305 Å². The number of ether oxygens (including phenoxy) is 4. The Hall–Kier alpha value is -1.94. The van der Waals surface area contributed by atoms with Gasteiger partial charge in [0.15, 0.2) is 12.2 Å². The fraction of sp³-hybridized carbons (Fsp3) is 0.934. The Morgan fingerprint density at radius 2 is 0.600 bits per heavy atom. The largest absolute Gasteiger partial charge is 0.472 e. The number of hydrogen-bond donors (Lipinski definition) is 3. The molecule has 0 aliphatic carbocycles. The SMILES string of the molecule is CCC(C)CCCCCCCCCCC(=O)OC[C@H](COP(=O)(O)OC[C@@H](O)COP(=O)(O)OC[C@@H](COC(=O)CCCCCCCCC(C)CC)OC(=O)CCCCCCCCC(C)C)OC(=O)CCCCCCCCC(C)C.